The SMILES string of the molecule is C[C@H]1CN(S(=O)(=O)c2ccc(NC(=O)c3ccc(Cl)cc3)cc2)c2ccccc2O1. The number of anilines is 2. The highest BCUT2D eigenvalue weighted by Crippen LogP contribution is 2.36. The van der Waals surface area contributed by atoms with E-state index in [9.17, 15) is 13.2 Å². The van der Waals surface area contributed by atoms with Crippen molar-refractivity contribution in [2.45, 2.75) is 17.9 Å². The molecule has 1 atom stereocenters. The first-order chi connectivity index (χ1) is 14.3. The quantitative estimate of drug-likeness (QED) is 0.642. The van der Waals surface area contributed by atoms with E-state index in [1.165, 1.54) is 16.4 Å². The lowest BCUT2D eigenvalue weighted by Gasteiger charge is -2.34. The number of sulfonamides is 1. The first-order valence-corrected chi connectivity index (χ1v) is 11.1. The number of nitrogens with one attached hydrogen (secondary N) is 1. The van der Waals surface area contributed by atoms with Crippen LogP contribution in [0.3, 0.4) is 0 Å². The number of ether oxygens (including phenoxy) is 1. The largest absolute Gasteiger partial charge is 0.487 e. The van der Waals surface area contributed by atoms with Gasteiger partial charge in [-0.2, -0.15) is 0 Å². The van der Waals surface area contributed by atoms with Crippen LogP contribution in [0, 0.1) is 0 Å². The number of halogens is 1. The second-order valence-electron chi connectivity index (χ2n) is 6.92. The van der Waals surface area contributed by atoms with Crippen LogP contribution in [0.15, 0.2) is 77.7 Å². The molecule has 0 radical (unpaired) electrons. The fourth-order valence-electron chi connectivity index (χ4n) is 3.22. The van der Waals surface area contributed by atoms with Crippen molar-refractivity contribution in [1.29, 1.82) is 0 Å². The van der Waals surface area contributed by atoms with Crippen molar-refractivity contribution in [3.8, 4) is 5.75 Å². The minimum absolute atomic E-state index is 0.135. The molecule has 6 nitrogen and oxygen atoms in total. The Balaban J connectivity index is 1.56. The number of para-hydroxylation sites is 2. The van der Waals surface area contributed by atoms with E-state index in [1.54, 1.807) is 60.7 Å². The summed E-state index contributed by atoms with van der Waals surface area (Å²) in [5.41, 5.74) is 1.45. The van der Waals surface area contributed by atoms with Gasteiger partial charge in [-0.15, -0.1) is 0 Å². The van der Waals surface area contributed by atoms with Gasteiger partial charge >= 0.3 is 0 Å². The maximum atomic E-state index is 13.3. The summed E-state index contributed by atoms with van der Waals surface area (Å²) in [5.74, 6) is 0.227. The van der Waals surface area contributed by atoms with Crippen molar-refractivity contribution in [1.82, 2.24) is 0 Å². The summed E-state index contributed by atoms with van der Waals surface area (Å²) in [6.07, 6.45) is -0.271. The third kappa shape index (κ3) is 3.99. The van der Waals surface area contributed by atoms with Gasteiger partial charge in [-0.1, -0.05) is 23.7 Å². The molecule has 0 bridgehead atoms. The molecule has 0 unspecified atom stereocenters. The predicted octanol–water partition coefficient (Wildman–Crippen LogP) is 4.57. The van der Waals surface area contributed by atoms with Crippen molar-refractivity contribution >= 4 is 38.9 Å². The molecule has 0 saturated heterocycles. The van der Waals surface area contributed by atoms with Crippen molar-refractivity contribution in [3.05, 3.63) is 83.4 Å². The molecule has 30 heavy (non-hydrogen) atoms. The Morgan fingerprint density at radius 3 is 2.40 bits per heavy atom. The molecule has 0 aliphatic carbocycles. The molecule has 1 heterocycles. The van der Waals surface area contributed by atoms with Crippen LogP contribution < -0.4 is 14.4 Å². The third-order valence-corrected chi connectivity index (χ3v) is 6.74. The van der Waals surface area contributed by atoms with Gasteiger partial charge in [0.25, 0.3) is 15.9 Å². The molecule has 154 valence electrons. The lowest BCUT2D eigenvalue weighted by molar-refractivity contribution is 0.102. The van der Waals surface area contributed by atoms with Gasteiger partial charge in [0.2, 0.25) is 0 Å². The zero-order valence-corrected chi connectivity index (χ0v) is 17.7. The fraction of sp³-hybridized carbons (Fsp3) is 0.136. The minimum Gasteiger partial charge on any atom is -0.487 e. The third-order valence-electron chi connectivity index (χ3n) is 4.69. The van der Waals surface area contributed by atoms with E-state index in [0.717, 1.165) is 0 Å². The summed E-state index contributed by atoms with van der Waals surface area (Å²) in [4.78, 5) is 12.5. The second kappa shape index (κ2) is 8.01. The van der Waals surface area contributed by atoms with Crippen LogP contribution in [0.2, 0.25) is 5.02 Å². The van der Waals surface area contributed by atoms with E-state index < -0.39 is 10.0 Å². The van der Waals surface area contributed by atoms with Crippen LogP contribution in [0.5, 0.6) is 5.75 Å². The predicted molar refractivity (Wildman–Crippen MR) is 117 cm³/mol. The summed E-state index contributed by atoms with van der Waals surface area (Å²) in [6.45, 7) is 2.04. The molecule has 8 heteroatoms. The Hall–Kier alpha value is -3.03. The van der Waals surface area contributed by atoms with Gasteiger partial charge in [-0.3, -0.25) is 9.10 Å². The molecule has 1 amide bonds. The van der Waals surface area contributed by atoms with Crippen molar-refractivity contribution < 1.29 is 17.9 Å². The molecule has 1 aliphatic heterocycles. The van der Waals surface area contributed by atoms with Crippen LogP contribution in [0.4, 0.5) is 11.4 Å². The minimum atomic E-state index is -3.78. The normalized spacial score (nSPS) is 15.8. The number of benzene rings is 3. The molecule has 0 fully saturated rings. The number of amides is 1. The van der Waals surface area contributed by atoms with Gasteiger partial charge < -0.3 is 10.1 Å². The zero-order chi connectivity index (χ0) is 21.3. The van der Waals surface area contributed by atoms with Crippen molar-refractivity contribution in [3.63, 3.8) is 0 Å². The number of carbonyl (C=O) groups excluding carboxylic acids is 1. The lowest BCUT2D eigenvalue weighted by atomic mass is 10.2. The van der Waals surface area contributed by atoms with Crippen LogP contribution in [0.25, 0.3) is 0 Å². The Bertz CT molecular complexity index is 1180. The number of rotatable bonds is 4. The number of nitrogens with zero attached hydrogens (tertiary/aromatic N) is 1. The number of fused-ring (bicyclic) bond motifs is 1. The first-order valence-electron chi connectivity index (χ1n) is 9.30. The summed E-state index contributed by atoms with van der Waals surface area (Å²) in [7, 11) is -3.78. The summed E-state index contributed by atoms with van der Waals surface area (Å²) < 4.78 is 33.6. The fourth-order valence-corrected chi connectivity index (χ4v) is 4.89. The van der Waals surface area contributed by atoms with Crippen LogP contribution in [-0.4, -0.2) is 27.0 Å². The summed E-state index contributed by atoms with van der Waals surface area (Å²) >= 11 is 5.84. The average molecular weight is 443 g/mol. The Morgan fingerprint density at radius 2 is 1.70 bits per heavy atom. The average Bonchev–Trinajstić information content (AvgIpc) is 2.74. The Kier molecular flexibility index (Phi) is 5.40. The van der Waals surface area contributed by atoms with Crippen LogP contribution in [-0.2, 0) is 10.0 Å². The highest BCUT2D eigenvalue weighted by Gasteiger charge is 2.32. The maximum Gasteiger partial charge on any atom is 0.264 e. The van der Waals surface area contributed by atoms with Crippen molar-refractivity contribution in [2.75, 3.05) is 16.2 Å². The molecule has 4 rings (SSSR count). The van der Waals surface area contributed by atoms with E-state index >= 15 is 0 Å². The molecular weight excluding hydrogens is 424 g/mol. The smallest absolute Gasteiger partial charge is 0.264 e. The molecular formula is C22H19ClN2O4S. The highest BCUT2D eigenvalue weighted by atomic mass is 35.5. The number of hydrogen-bond donors (Lipinski definition) is 1. The lowest BCUT2D eigenvalue weighted by Crippen LogP contribution is -2.42. The maximum absolute atomic E-state index is 13.3. The van der Waals surface area contributed by atoms with Gasteiger partial charge in [0, 0.05) is 16.3 Å². The summed E-state index contributed by atoms with van der Waals surface area (Å²) in [6, 6.07) is 19.7. The molecule has 3 aromatic carbocycles. The highest BCUT2D eigenvalue weighted by molar-refractivity contribution is 7.92. The first kappa shape index (κ1) is 20.3. The molecule has 0 aromatic heterocycles. The van der Waals surface area contributed by atoms with Crippen molar-refractivity contribution in [2.24, 2.45) is 0 Å². The van der Waals surface area contributed by atoms with Crippen LogP contribution >= 0.6 is 11.6 Å². The topological polar surface area (TPSA) is 75.7 Å². The van der Waals surface area contributed by atoms with E-state index in [2.05, 4.69) is 5.32 Å². The van der Waals surface area contributed by atoms with E-state index in [-0.39, 0.29) is 23.5 Å². The van der Waals surface area contributed by atoms with E-state index in [0.29, 0.717) is 27.7 Å². The second-order valence-corrected chi connectivity index (χ2v) is 9.22. The summed E-state index contributed by atoms with van der Waals surface area (Å²) in [5, 5.41) is 3.29. The standard InChI is InChI=1S/C22H19ClN2O4S/c1-15-14-25(20-4-2-3-5-21(20)29-15)30(27,28)19-12-10-18(11-13-19)24-22(26)16-6-8-17(23)9-7-16/h2-13,15H,14H2,1H3,(H,24,26)/t15-/m0/s1. The van der Waals surface area contributed by atoms with E-state index in [1.807, 2.05) is 6.92 Å². The molecule has 0 spiro atoms. The zero-order valence-electron chi connectivity index (χ0n) is 16.1. The van der Waals surface area contributed by atoms with Gasteiger partial charge in [0.1, 0.15) is 11.9 Å². The molecule has 1 N–H and O–H groups in total. The van der Waals surface area contributed by atoms with Gasteiger partial charge in [-0.25, -0.2) is 8.42 Å². The monoisotopic (exact) mass is 442 g/mol. The Labute approximate surface area is 180 Å². The molecule has 1 aliphatic rings. The molecule has 0 saturated carbocycles. The number of carbonyl (C=O) groups is 1. The van der Waals surface area contributed by atoms with E-state index in [4.69, 9.17) is 16.3 Å². The molecule has 3 aromatic rings. The van der Waals surface area contributed by atoms with Gasteiger partial charge in [-0.05, 0) is 67.6 Å². The Morgan fingerprint density at radius 1 is 1.03 bits per heavy atom. The number of hydrogen-bond acceptors (Lipinski definition) is 4. The van der Waals surface area contributed by atoms with Crippen LogP contribution in [0.1, 0.15) is 17.3 Å². The van der Waals surface area contributed by atoms with Gasteiger partial charge in [0.05, 0.1) is 17.1 Å². The van der Waals surface area contributed by atoms with Gasteiger partial charge in [0.15, 0.2) is 0 Å².